The highest BCUT2D eigenvalue weighted by Crippen LogP contribution is 2.43. The summed E-state index contributed by atoms with van der Waals surface area (Å²) >= 11 is 2.49. The number of carbonyl (C=O) groups is 4. The molecule has 14 nitrogen and oxygen atoms in total. The van der Waals surface area contributed by atoms with E-state index in [1.54, 1.807) is 36.0 Å². The predicted molar refractivity (Wildman–Crippen MR) is 239 cm³/mol. The van der Waals surface area contributed by atoms with Gasteiger partial charge in [0.2, 0.25) is 5.60 Å². The molecule has 3 N–H and O–H groups in total. The fraction of sp³-hybridized carbons (Fsp3) is 0.255. The highest BCUT2D eigenvalue weighted by molar-refractivity contribution is 8.00. The molecule has 1 saturated carbocycles. The Bertz CT molecular complexity index is 2400. The summed E-state index contributed by atoms with van der Waals surface area (Å²) in [5.41, 5.74) is 8.24. The first-order chi connectivity index (χ1) is 30.8. The van der Waals surface area contributed by atoms with E-state index in [0.29, 0.717) is 11.3 Å². The van der Waals surface area contributed by atoms with E-state index in [0.717, 1.165) is 65.7 Å². The van der Waals surface area contributed by atoms with Crippen LogP contribution in [0.5, 0.6) is 0 Å². The minimum absolute atomic E-state index is 0.0158. The Balaban J connectivity index is 1.04. The normalized spacial score (nSPS) is 18.0. The van der Waals surface area contributed by atoms with E-state index in [1.165, 1.54) is 16.7 Å². The molecule has 16 heteroatoms. The van der Waals surface area contributed by atoms with E-state index in [4.69, 9.17) is 24.8 Å². The first-order valence-corrected chi connectivity index (χ1v) is 22.5. The Hall–Kier alpha value is -6.78. The van der Waals surface area contributed by atoms with E-state index in [2.05, 4.69) is 20.4 Å². The number of pyridine rings is 1. The number of oxime groups is 1. The van der Waals surface area contributed by atoms with Gasteiger partial charge in [-0.05, 0) is 42.9 Å². The Morgan fingerprint density at radius 1 is 0.857 bits per heavy atom. The Morgan fingerprint density at radius 3 is 2.11 bits per heavy atom. The van der Waals surface area contributed by atoms with Crippen LogP contribution >= 0.6 is 23.1 Å². The number of thiazole rings is 1. The fourth-order valence-corrected chi connectivity index (χ4v) is 9.58. The van der Waals surface area contributed by atoms with Gasteiger partial charge >= 0.3 is 12.1 Å². The average molecular weight is 885 g/mol. The van der Waals surface area contributed by atoms with Crippen molar-refractivity contribution in [3.05, 3.63) is 166 Å². The van der Waals surface area contributed by atoms with E-state index >= 15 is 0 Å². The molecule has 8 rings (SSSR count). The second kappa shape index (κ2) is 19.9. The molecule has 3 aliphatic rings. The number of nitrogen functional groups attached to an aromatic ring is 1. The summed E-state index contributed by atoms with van der Waals surface area (Å²) in [7, 11) is 0. The topological polar surface area (TPSA) is 185 Å². The van der Waals surface area contributed by atoms with Crippen LogP contribution in [0, 0.1) is 0 Å². The number of carbonyl (C=O) groups excluding carboxylic acids is 4. The molecular weight excluding hydrogens is 841 g/mol. The zero-order valence-corrected chi connectivity index (χ0v) is 35.7. The number of fused-ring (bicyclic) bond motifs is 1. The maximum absolute atomic E-state index is 14.4. The number of nitrogens with one attached hydrogen (secondary N) is 1. The van der Waals surface area contributed by atoms with Crippen molar-refractivity contribution in [2.24, 2.45) is 5.16 Å². The Kier molecular flexibility index (Phi) is 13.6. The lowest BCUT2D eigenvalue weighted by molar-refractivity contribution is -0.153. The number of allylic oxidation sites excluding steroid dienone is 1. The average Bonchev–Trinajstić information content (AvgIpc) is 3.76. The molecule has 5 aromatic rings. The molecule has 2 amide bonds. The molecule has 3 aromatic carbocycles. The zero-order valence-electron chi connectivity index (χ0n) is 34.0. The third-order valence-electron chi connectivity index (χ3n) is 10.8. The Labute approximate surface area is 372 Å². The van der Waals surface area contributed by atoms with E-state index in [-0.39, 0.29) is 41.6 Å². The number of hydrogen-bond donors (Lipinski definition) is 2. The number of anilines is 1. The molecule has 2 aromatic heterocycles. The van der Waals surface area contributed by atoms with Gasteiger partial charge in [-0.1, -0.05) is 121 Å². The minimum Gasteiger partial charge on any atom is -0.457 e. The number of ether oxygens (including phenoxy) is 3. The molecule has 2 fully saturated rings. The fourth-order valence-electron chi connectivity index (χ4n) is 7.71. The third kappa shape index (κ3) is 9.66. The van der Waals surface area contributed by atoms with Crippen LogP contribution in [0.3, 0.4) is 0 Å². The van der Waals surface area contributed by atoms with Crippen molar-refractivity contribution in [2.45, 2.75) is 55.2 Å². The van der Waals surface area contributed by atoms with Gasteiger partial charge in [0.25, 0.3) is 11.8 Å². The molecular formula is C47H44N6O8S2. The van der Waals surface area contributed by atoms with E-state index in [9.17, 15) is 19.2 Å². The lowest BCUT2D eigenvalue weighted by Crippen LogP contribution is -2.71. The molecule has 322 valence electrons. The summed E-state index contributed by atoms with van der Waals surface area (Å²) < 4.78 is 16.2. The number of β-lactam (4-membered cyclic amide) rings is 1. The molecule has 2 atom stereocenters. The van der Waals surface area contributed by atoms with Gasteiger partial charge in [0, 0.05) is 40.2 Å². The molecule has 1 saturated heterocycles. The van der Waals surface area contributed by atoms with Crippen molar-refractivity contribution in [3.8, 4) is 0 Å². The number of aromatic nitrogens is 2. The van der Waals surface area contributed by atoms with Crippen LogP contribution in [-0.2, 0) is 39.0 Å². The van der Waals surface area contributed by atoms with Crippen molar-refractivity contribution in [2.75, 3.05) is 24.7 Å². The summed E-state index contributed by atoms with van der Waals surface area (Å²) in [4.78, 5) is 71.2. The maximum Gasteiger partial charge on any atom is 0.508 e. The zero-order chi connectivity index (χ0) is 43.6. The number of hydrogen-bond acceptors (Lipinski definition) is 14. The second-order valence-corrected chi connectivity index (χ2v) is 16.8. The summed E-state index contributed by atoms with van der Waals surface area (Å²) in [5, 5.41) is 8.52. The molecule has 2 aliphatic heterocycles. The van der Waals surface area contributed by atoms with Crippen molar-refractivity contribution < 1.29 is 38.2 Å². The number of nitrogens with zero attached hydrogens (tertiary/aromatic N) is 4. The quantitative estimate of drug-likeness (QED) is 0.0269. The molecule has 0 radical (unpaired) electrons. The maximum atomic E-state index is 14.4. The molecule has 0 bridgehead atoms. The number of thioether (sulfide) groups is 1. The second-order valence-electron chi connectivity index (χ2n) is 14.8. The Morgan fingerprint density at radius 2 is 1.51 bits per heavy atom. The lowest BCUT2D eigenvalue weighted by atomic mass is 9.80. The van der Waals surface area contributed by atoms with Gasteiger partial charge in [0.15, 0.2) is 10.8 Å². The summed E-state index contributed by atoms with van der Waals surface area (Å²) in [6.07, 6.45) is 10.5. The molecule has 4 heterocycles. The van der Waals surface area contributed by atoms with Gasteiger partial charge < -0.3 is 30.1 Å². The van der Waals surface area contributed by atoms with Crippen LogP contribution in [0.25, 0.3) is 6.08 Å². The van der Waals surface area contributed by atoms with Crippen LogP contribution in [0.4, 0.5) is 9.93 Å². The van der Waals surface area contributed by atoms with Crippen LogP contribution in [-0.4, -0.2) is 81.0 Å². The first kappa shape index (κ1) is 42.9. The predicted octanol–water partition coefficient (Wildman–Crippen LogP) is 7.23. The SMILES string of the molecule is Nc1nc(C(=NOC(c2ccccc2)(c2ccccc2)c2ccccc2)C(=O)N[C@@H]2C(=O)N3C(C(=O)OCCOC(=O)OC4CCCCC4)=C(/C=C/c4cccnc4)CS[C@@H]23)cs1. The summed E-state index contributed by atoms with van der Waals surface area (Å²) in [5.74, 6) is -1.78. The number of esters is 1. The standard InChI is InChI=1S/C47H44N6O8S2/c48-45-50-37(30-63-45)38(52-61-47(33-15-5-1-6-16-33,34-17-7-2-8-18-34)35-19-9-3-10-20-35)41(54)51-39-42(55)53-40(32(29-62-43(39)53)24-23-31-14-13-25-49-28-31)44(56)58-26-27-59-46(57)60-36-21-11-4-12-22-36/h1-3,5-10,13-20,23-25,28,30,36,39,43H,4,11-12,21-22,26-27,29H2,(H2,48,50)(H,51,54)/b24-23+,52-38?/t39-,43+/m1/s1. The molecule has 0 spiro atoms. The molecule has 63 heavy (non-hydrogen) atoms. The van der Waals surface area contributed by atoms with E-state index in [1.807, 2.05) is 97.1 Å². The van der Waals surface area contributed by atoms with Gasteiger partial charge in [-0.15, -0.1) is 23.1 Å². The lowest BCUT2D eigenvalue weighted by Gasteiger charge is -2.49. The highest BCUT2D eigenvalue weighted by Gasteiger charge is 2.54. The van der Waals surface area contributed by atoms with Crippen molar-refractivity contribution >= 4 is 64.0 Å². The first-order valence-electron chi connectivity index (χ1n) is 20.5. The van der Waals surface area contributed by atoms with Crippen LogP contribution < -0.4 is 11.1 Å². The molecule has 0 unspecified atom stereocenters. The molecule has 1 aliphatic carbocycles. The van der Waals surface area contributed by atoms with Crippen molar-refractivity contribution in [1.82, 2.24) is 20.2 Å². The summed E-state index contributed by atoms with van der Waals surface area (Å²) in [6, 6.07) is 31.2. The van der Waals surface area contributed by atoms with E-state index < -0.39 is 41.0 Å². The van der Waals surface area contributed by atoms with Gasteiger partial charge in [0.05, 0.1) is 0 Å². The minimum atomic E-state index is -1.32. The number of nitrogens with two attached hydrogens (primary N) is 1. The van der Waals surface area contributed by atoms with Crippen LogP contribution in [0.15, 0.2) is 143 Å². The number of benzene rings is 3. The number of rotatable bonds is 15. The largest absolute Gasteiger partial charge is 0.508 e. The summed E-state index contributed by atoms with van der Waals surface area (Å²) in [6.45, 7) is -0.504. The monoisotopic (exact) mass is 884 g/mol. The van der Waals surface area contributed by atoms with Gasteiger partial charge in [-0.25, -0.2) is 14.6 Å². The smallest absolute Gasteiger partial charge is 0.457 e. The highest BCUT2D eigenvalue weighted by atomic mass is 32.2. The number of amides is 2. The van der Waals surface area contributed by atoms with Crippen molar-refractivity contribution in [3.63, 3.8) is 0 Å². The van der Waals surface area contributed by atoms with Crippen LogP contribution in [0.2, 0.25) is 0 Å². The van der Waals surface area contributed by atoms with Crippen molar-refractivity contribution in [1.29, 1.82) is 0 Å². The van der Waals surface area contributed by atoms with Gasteiger partial charge in [-0.2, -0.15) is 0 Å². The van der Waals surface area contributed by atoms with Crippen LogP contribution in [0.1, 0.15) is 60.1 Å². The van der Waals surface area contributed by atoms with Gasteiger partial charge in [0.1, 0.15) is 42.1 Å². The van der Waals surface area contributed by atoms with Gasteiger partial charge in [-0.3, -0.25) is 19.5 Å². The third-order valence-corrected chi connectivity index (χ3v) is 12.8.